The SMILES string of the molecule is O=C(O)[C@@H]1CNCCN1Cc1nccnc1Cl. The Balaban J connectivity index is 2.11. The fourth-order valence-electron chi connectivity index (χ4n) is 1.83. The molecular formula is C10H13ClN4O2. The Kier molecular flexibility index (Phi) is 3.88. The van der Waals surface area contributed by atoms with E-state index in [0.29, 0.717) is 30.5 Å². The van der Waals surface area contributed by atoms with E-state index in [1.54, 1.807) is 6.20 Å². The quantitative estimate of drug-likeness (QED) is 0.792. The fraction of sp³-hybridized carbons (Fsp3) is 0.500. The van der Waals surface area contributed by atoms with Crippen LogP contribution >= 0.6 is 11.6 Å². The largest absolute Gasteiger partial charge is 0.480 e. The van der Waals surface area contributed by atoms with Crippen molar-refractivity contribution in [1.82, 2.24) is 20.2 Å². The van der Waals surface area contributed by atoms with Gasteiger partial charge in [0.1, 0.15) is 6.04 Å². The highest BCUT2D eigenvalue weighted by Crippen LogP contribution is 2.14. The van der Waals surface area contributed by atoms with Gasteiger partial charge in [0.25, 0.3) is 0 Å². The first-order chi connectivity index (χ1) is 8.18. The van der Waals surface area contributed by atoms with Crippen LogP contribution in [0.25, 0.3) is 0 Å². The average Bonchev–Trinajstić information content (AvgIpc) is 2.32. The van der Waals surface area contributed by atoms with Crippen LogP contribution in [0, 0.1) is 0 Å². The molecule has 0 bridgehead atoms. The second-order valence-electron chi connectivity index (χ2n) is 3.82. The molecule has 7 heteroatoms. The van der Waals surface area contributed by atoms with Crippen LogP contribution < -0.4 is 5.32 Å². The molecule has 1 aliphatic heterocycles. The predicted octanol–water partition coefficient (Wildman–Crippen LogP) is -0.0116. The van der Waals surface area contributed by atoms with Gasteiger partial charge in [-0.3, -0.25) is 14.7 Å². The van der Waals surface area contributed by atoms with Crippen LogP contribution in [0.5, 0.6) is 0 Å². The van der Waals surface area contributed by atoms with Crippen molar-refractivity contribution in [2.75, 3.05) is 19.6 Å². The first-order valence-corrected chi connectivity index (χ1v) is 5.69. The molecule has 2 heterocycles. The standard InChI is InChI=1S/C10H13ClN4O2/c11-9-7(13-1-2-14-9)6-15-4-3-12-5-8(15)10(16)17/h1-2,8,12H,3-6H2,(H,16,17)/t8-/m0/s1. The van der Waals surface area contributed by atoms with Crippen LogP contribution in [-0.2, 0) is 11.3 Å². The van der Waals surface area contributed by atoms with Crippen LogP contribution in [0.3, 0.4) is 0 Å². The molecule has 1 aromatic heterocycles. The van der Waals surface area contributed by atoms with Crippen molar-refractivity contribution in [3.05, 3.63) is 23.2 Å². The molecule has 92 valence electrons. The molecule has 1 fully saturated rings. The zero-order valence-corrected chi connectivity index (χ0v) is 9.89. The molecule has 0 amide bonds. The number of rotatable bonds is 3. The van der Waals surface area contributed by atoms with Gasteiger partial charge >= 0.3 is 5.97 Å². The molecule has 2 N–H and O–H groups in total. The van der Waals surface area contributed by atoms with Gasteiger partial charge in [0.15, 0.2) is 5.15 Å². The van der Waals surface area contributed by atoms with E-state index in [4.69, 9.17) is 16.7 Å². The number of carbonyl (C=O) groups is 1. The molecule has 0 radical (unpaired) electrons. The van der Waals surface area contributed by atoms with Crippen LogP contribution in [0.4, 0.5) is 0 Å². The number of carboxylic acid groups (broad SMARTS) is 1. The number of hydrogen-bond donors (Lipinski definition) is 2. The summed E-state index contributed by atoms with van der Waals surface area (Å²) >= 11 is 5.91. The van der Waals surface area contributed by atoms with Crippen molar-refractivity contribution in [3.63, 3.8) is 0 Å². The van der Waals surface area contributed by atoms with Crippen LogP contribution in [0.15, 0.2) is 12.4 Å². The molecular weight excluding hydrogens is 244 g/mol. The van der Waals surface area contributed by atoms with Gasteiger partial charge in [-0.1, -0.05) is 11.6 Å². The van der Waals surface area contributed by atoms with E-state index >= 15 is 0 Å². The van der Waals surface area contributed by atoms with E-state index in [1.165, 1.54) is 6.20 Å². The molecule has 0 spiro atoms. The number of hydrogen-bond acceptors (Lipinski definition) is 5. The van der Waals surface area contributed by atoms with Crippen molar-refractivity contribution in [2.24, 2.45) is 0 Å². The molecule has 1 aromatic rings. The van der Waals surface area contributed by atoms with Crippen molar-refractivity contribution >= 4 is 17.6 Å². The lowest BCUT2D eigenvalue weighted by atomic mass is 10.2. The van der Waals surface area contributed by atoms with E-state index in [2.05, 4.69) is 15.3 Å². The molecule has 0 aliphatic carbocycles. The van der Waals surface area contributed by atoms with Crippen LogP contribution in [-0.4, -0.2) is 51.6 Å². The molecule has 1 aliphatic rings. The van der Waals surface area contributed by atoms with E-state index < -0.39 is 12.0 Å². The summed E-state index contributed by atoms with van der Waals surface area (Å²) in [5.74, 6) is -0.836. The van der Waals surface area contributed by atoms with Crippen LogP contribution in [0.2, 0.25) is 5.15 Å². The third-order valence-electron chi connectivity index (χ3n) is 2.72. The van der Waals surface area contributed by atoms with Crippen LogP contribution in [0.1, 0.15) is 5.69 Å². The summed E-state index contributed by atoms with van der Waals surface area (Å²) in [4.78, 5) is 21.0. The number of aliphatic carboxylic acids is 1. The van der Waals surface area contributed by atoms with E-state index in [0.717, 1.165) is 6.54 Å². The van der Waals surface area contributed by atoms with E-state index in [-0.39, 0.29) is 0 Å². The lowest BCUT2D eigenvalue weighted by molar-refractivity contribution is -0.144. The number of halogens is 1. The second-order valence-corrected chi connectivity index (χ2v) is 4.18. The van der Waals surface area contributed by atoms with Gasteiger partial charge in [0.2, 0.25) is 0 Å². The number of nitrogens with one attached hydrogen (secondary N) is 1. The Hall–Kier alpha value is -1.24. The molecule has 17 heavy (non-hydrogen) atoms. The molecule has 6 nitrogen and oxygen atoms in total. The van der Waals surface area contributed by atoms with Gasteiger partial charge in [-0.15, -0.1) is 0 Å². The normalized spacial score (nSPS) is 21.4. The van der Waals surface area contributed by atoms with E-state index in [1.807, 2.05) is 4.90 Å². The maximum atomic E-state index is 11.1. The molecule has 0 saturated carbocycles. The highest BCUT2D eigenvalue weighted by atomic mass is 35.5. The molecule has 2 rings (SSSR count). The highest BCUT2D eigenvalue weighted by molar-refractivity contribution is 6.29. The maximum absolute atomic E-state index is 11.1. The highest BCUT2D eigenvalue weighted by Gasteiger charge is 2.28. The zero-order valence-electron chi connectivity index (χ0n) is 9.14. The summed E-state index contributed by atoms with van der Waals surface area (Å²) in [6, 6.07) is -0.540. The van der Waals surface area contributed by atoms with Crippen molar-refractivity contribution in [1.29, 1.82) is 0 Å². The summed E-state index contributed by atoms with van der Waals surface area (Å²) in [6.07, 6.45) is 3.07. The number of aromatic nitrogens is 2. The number of carboxylic acids is 1. The van der Waals surface area contributed by atoms with Crippen molar-refractivity contribution in [3.8, 4) is 0 Å². The minimum absolute atomic E-state index is 0.329. The Morgan fingerprint density at radius 3 is 3.06 bits per heavy atom. The smallest absolute Gasteiger partial charge is 0.322 e. The van der Waals surface area contributed by atoms with Gasteiger partial charge < -0.3 is 10.4 Å². The summed E-state index contributed by atoms with van der Waals surface area (Å²) in [5, 5.41) is 12.5. The summed E-state index contributed by atoms with van der Waals surface area (Å²) in [5.41, 5.74) is 0.613. The van der Waals surface area contributed by atoms with Gasteiger partial charge in [-0.25, -0.2) is 4.98 Å². The lowest BCUT2D eigenvalue weighted by Gasteiger charge is -2.33. The Labute approximate surface area is 104 Å². The van der Waals surface area contributed by atoms with Gasteiger partial charge in [0, 0.05) is 38.6 Å². The minimum atomic E-state index is -0.836. The molecule has 0 unspecified atom stereocenters. The third kappa shape index (κ3) is 2.91. The van der Waals surface area contributed by atoms with Crippen molar-refractivity contribution < 1.29 is 9.90 Å². The first kappa shape index (κ1) is 12.2. The first-order valence-electron chi connectivity index (χ1n) is 5.31. The number of nitrogens with zero attached hydrogens (tertiary/aromatic N) is 3. The lowest BCUT2D eigenvalue weighted by Crippen LogP contribution is -2.54. The predicted molar refractivity (Wildman–Crippen MR) is 61.7 cm³/mol. The second kappa shape index (κ2) is 5.39. The Morgan fingerprint density at radius 1 is 1.59 bits per heavy atom. The summed E-state index contributed by atoms with van der Waals surface area (Å²) in [6.45, 7) is 2.27. The summed E-state index contributed by atoms with van der Waals surface area (Å²) in [7, 11) is 0. The molecule has 1 atom stereocenters. The third-order valence-corrected chi connectivity index (χ3v) is 3.03. The van der Waals surface area contributed by atoms with Crippen molar-refractivity contribution in [2.45, 2.75) is 12.6 Å². The molecule has 1 saturated heterocycles. The van der Waals surface area contributed by atoms with Gasteiger partial charge in [-0.2, -0.15) is 0 Å². The topological polar surface area (TPSA) is 78.4 Å². The average molecular weight is 257 g/mol. The fourth-order valence-corrected chi connectivity index (χ4v) is 1.99. The number of piperazine rings is 1. The molecule has 0 aromatic carbocycles. The Morgan fingerprint density at radius 2 is 2.35 bits per heavy atom. The minimum Gasteiger partial charge on any atom is -0.480 e. The van der Waals surface area contributed by atoms with E-state index in [9.17, 15) is 4.79 Å². The monoisotopic (exact) mass is 256 g/mol. The Bertz CT molecular complexity index is 415. The zero-order chi connectivity index (χ0) is 12.3. The van der Waals surface area contributed by atoms with Gasteiger partial charge in [0.05, 0.1) is 5.69 Å². The summed E-state index contributed by atoms with van der Waals surface area (Å²) < 4.78 is 0. The van der Waals surface area contributed by atoms with Gasteiger partial charge in [-0.05, 0) is 0 Å². The maximum Gasteiger partial charge on any atom is 0.322 e.